The van der Waals surface area contributed by atoms with Gasteiger partial charge in [0.1, 0.15) is 11.9 Å². The molecule has 0 aliphatic carbocycles. The second-order valence-corrected chi connectivity index (χ2v) is 9.45. The van der Waals surface area contributed by atoms with Gasteiger partial charge in [0, 0.05) is 19.6 Å². The van der Waals surface area contributed by atoms with Gasteiger partial charge in [0.05, 0.1) is 30.2 Å². The zero-order valence-electron chi connectivity index (χ0n) is 18.4. The number of ether oxygens (including phenoxy) is 2. The lowest BCUT2D eigenvalue weighted by Crippen LogP contribution is -2.46. The second-order valence-electron chi connectivity index (χ2n) is 7.51. The molecule has 1 aliphatic heterocycles. The van der Waals surface area contributed by atoms with Crippen LogP contribution in [0.1, 0.15) is 42.8 Å². The van der Waals surface area contributed by atoms with Crippen LogP contribution < -0.4 is 4.74 Å². The van der Waals surface area contributed by atoms with Crippen molar-refractivity contribution in [2.45, 2.75) is 37.9 Å². The minimum atomic E-state index is -3.70. The monoisotopic (exact) mass is 446 g/mol. The van der Waals surface area contributed by atoms with Crippen molar-refractivity contribution >= 4 is 15.9 Å². The first kappa shape index (κ1) is 23.2. The van der Waals surface area contributed by atoms with Gasteiger partial charge in [0.15, 0.2) is 0 Å². The van der Waals surface area contributed by atoms with Crippen molar-refractivity contribution < 1.29 is 22.7 Å². The average Bonchev–Trinajstić information content (AvgIpc) is 2.79. The van der Waals surface area contributed by atoms with Gasteiger partial charge in [-0.2, -0.15) is 4.31 Å². The van der Waals surface area contributed by atoms with Gasteiger partial charge in [-0.1, -0.05) is 44.2 Å². The number of amides is 1. The minimum Gasteiger partial charge on any atom is -0.496 e. The number of morpholine rings is 1. The molecule has 1 fully saturated rings. The molecule has 2 aromatic rings. The molecule has 0 aromatic heterocycles. The molecule has 2 atom stereocenters. The zero-order valence-corrected chi connectivity index (χ0v) is 19.3. The summed E-state index contributed by atoms with van der Waals surface area (Å²) in [7, 11) is -2.22. The summed E-state index contributed by atoms with van der Waals surface area (Å²) in [5.74, 6) is 0.0726. The molecule has 2 aromatic carbocycles. The van der Waals surface area contributed by atoms with Crippen LogP contribution in [0.15, 0.2) is 53.4 Å². The Morgan fingerprint density at radius 3 is 2.42 bits per heavy atom. The number of carbonyl (C=O) groups excluding carboxylic acids is 1. The highest BCUT2D eigenvalue weighted by atomic mass is 32.2. The van der Waals surface area contributed by atoms with Gasteiger partial charge < -0.3 is 14.4 Å². The lowest BCUT2D eigenvalue weighted by molar-refractivity contribution is -0.0692. The van der Waals surface area contributed by atoms with E-state index >= 15 is 0 Å². The molecule has 0 saturated carbocycles. The first-order valence-electron chi connectivity index (χ1n) is 10.5. The standard InChI is InChI=1S/C23H30N2O5S/c1-5-25(6-2)31(27,28)19-12-13-21(29-4)20(14-19)23(26)24-15-17(3)30-22(16-24)18-10-8-7-9-11-18/h7-14,17,22H,5-6,15-16H2,1-4H3. The lowest BCUT2D eigenvalue weighted by Gasteiger charge is -2.37. The molecule has 1 heterocycles. The van der Waals surface area contributed by atoms with Crippen molar-refractivity contribution in [3.05, 3.63) is 59.7 Å². The van der Waals surface area contributed by atoms with E-state index in [-0.39, 0.29) is 28.6 Å². The van der Waals surface area contributed by atoms with Gasteiger partial charge in [-0.25, -0.2) is 8.42 Å². The quantitative estimate of drug-likeness (QED) is 0.652. The van der Waals surface area contributed by atoms with Crippen LogP contribution in [0.3, 0.4) is 0 Å². The fraction of sp³-hybridized carbons (Fsp3) is 0.435. The van der Waals surface area contributed by atoms with Crippen molar-refractivity contribution in [2.24, 2.45) is 0 Å². The van der Waals surface area contributed by atoms with Crippen LogP contribution >= 0.6 is 0 Å². The van der Waals surface area contributed by atoms with Crippen LogP contribution in [0, 0.1) is 0 Å². The number of nitrogens with zero attached hydrogens (tertiary/aromatic N) is 2. The molecule has 0 radical (unpaired) electrons. The summed E-state index contributed by atoms with van der Waals surface area (Å²) < 4.78 is 38.8. The number of hydrogen-bond donors (Lipinski definition) is 0. The number of sulfonamides is 1. The molecular weight excluding hydrogens is 416 g/mol. The molecular formula is C23H30N2O5S. The summed E-state index contributed by atoms with van der Waals surface area (Å²) in [6.07, 6.45) is -0.404. The molecule has 1 saturated heterocycles. The average molecular weight is 447 g/mol. The summed E-state index contributed by atoms with van der Waals surface area (Å²) in [4.78, 5) is 15.3. The van der Waals surface area contributed by atoms with Crippen molar-refractivity contribution in [3.8, 4) is 5.75 Å². The SMILES string of the molecule is CCN(CC)S(=O)(=O)c1ccc(OC)c(C(=O)N2CC(C)OC(c3ccccc3)C2)c1. The smallest absolute Gasteiger partial charge is 0.257 e. The Kier molecular flexibility index (Phi) is 7.35. The molecule has 0 bridgehead atoms. The lowest BCUT2D eigenvalue weighted by atomic mass is 10.1. The Morgan fingerprint density at radius 2 is 1.81 bits per heavy atom. The van der Waals surface area contributed by atoms with Crippen LogP contribution in [0.2, 0.25) is 0 Å². The maximum atomic E-state index is 13.5. The Bertz CT molecular complexity index is 1010. The Morgan fingerprint density at radius 1 is 1.13 bits per heavy atom. The molecule has 1 amide bonds. The number of rotatable bonds is 7. The van der Waals surface area contributed by atoms with Crippen LogP contribution in [-0.2, 0) is 14.8 Å². The highest BCUT2D eigenvalue weighted by Crippen LogP contribution is 2.30. The van der Waals surface area contributed by atoms with E-state index in [1.807, 2.05) is 37.3 Å². The van der Waals surface area contributed by atoms with Crippen molar-refractivity contribution in [1.29, 1.82) is 0 Å². The predicted molar refractivity (Wildman–Crippen MR) is 119 cm³/mol. The Hall–Kier alpha value is -2.42. The highest BCUT2D eigenvalue weighted by molar-refractivity contribution is 7.89. The topological polar surface area (TPSA) is 76.2 Å². The Labute approximate surface area is 184 Å². The molecule has 31 heavy (non-hydrogen) atoms. The summed E-state index contributed by atoms with van der Waals surface area (Å²) in [5.41, 5.74) is 1.23. The van der Waals surface area contributed by atoms with Crippen molar-refractivity contribution in [3.63, 3.8) is 0 Å². The zero-order chi connectivity index (χ0) is 22.6. The van der Waals surface area contributed by atoms with Gasteiger partial charge in [-0.05, 0) is 30.7 Å². The van der Waals surface area contributed by atoms with Gasteiger partial charge in [-0.3, -0.25) is 4.79 Å². The van der Waals surface area contributed by atoms with E-state index in [0.717, 1.165) is 5.56 Å². The van der Waals surface area contributed by atoms with E-state index in [4.69, 9.17) is 9.47 Å². The highest BCUT2D eigenvalue weighted by Gasteiger charge is 2.32. The number of carbonyl (C=O) groups is 1. The summed E-state index contributed by atoms with van der Waals surface area (Å²) >= 11 is 0. The van der Waals surface area contributed by atoms with Crippen LogP contribution in [0.5, 0.6) is 5.75 Å². The fourth-order valence-electron chi connectivity index (χ4n) is 3.87. The number of benzene rings is 2. The van der Waals surface area contributed by atoms with E-state index in [0.29, 0.717) is 31.9 Å². The van der Waals surface area contributed by atoms with Crippen LogP contribution in [0.4, 0.5) is 0 Å². The van der Waals surface area contributed by atoms with E-state index in [9.17, 15) is 13.2 Å². The number of methoxy groups -OCH3 is 1. The predicted octanol–water partition coefficient (Wildman–Crippen LogP) is 3.33. The molecule has 7 nitrogen and oxygen atoms in total. The van der Waals surface area contributed by atoms with E-state index in [2.05, 4.69) is 0 Å². The Balaban J connectivity index is 1.94. The maximum Gasteiger partial charge on any atom is 0.257 e. The second kappa shape index (κ2) is 9.80. The first-order valence-corrected chi connectivity index (χ1v) is 11.9. The fourth-order valence-corrected chi connectivity index (χ4v) is 5.35. The number of hydrogen-bond acceptors (Lipinski definition) is 5. The van der Waals surface area contributed by atoms with E-state index < -0.39 is 10.0 Å². The molecule has 2 unspecified atom stereocenters. The molecule has 8 heteroatoms. The third-order valence-corrected chi connectivity index (χ3v) is 7.51. The van der Waals surface area contributed by atoms with E-state index in [1.54, 1.807) is 24.8 Å². The first-order chi connectivity index (χ1) is 14.8. The van der Waals surface area contributed by atoms with Gasteiger partial charge in [0.2, 0.25) is 10.0 Å². The molecule has 3 rings (SSSR count). The normalized spacial score (nSPS) is 19.5. The van der Waals surface area contributed by atoms with Gasteiger partial charge in [0.25, 0.3) is 5.91 Å². The summed E-state index contributed by atoms with van der Waals surface area (Å²) in [6, 6.07) is 14.2. The summed E-state index contributed by atoms with van der Waals surface area (Å²) in [6.45, 7) is 7.00. The van der Waals surface area contributed by atoms with Gasteiger partial charge >= 0.3 is 0 Å². The third kappa shape index (κ3) is 4.92. The largest absolute Gasteiger partial charge is 0.496 e. The minimum absolute atomic E-state index is 0.0845. The molecule has 168 valence electrons. The van der Waals surface area contributed by atoms with Crippen LogP contribution in [0.25, 0.3) is 0 Å². The third-order valence-electron chi connectivity index (χ3n) is 5.46. The molecule has 1 aliphatic rings. The van der Waals surface area contributed by atoms with E-state index in [1.165, 1.54) is 23.5 Å². The van der Waals surface area contributed by atoms with Crippen molar-refractivity contribution in [2.75, 3.05) is 33.3 Å². The summed E-state index contributed by atoms with van der Waals surface area (Å²) in [5, 5.41) is 0. The van der Waals surface area contributed by atoms with Crippen LogP contribution in [-0.4, -0.2) is 62.9 Å². The van der Waals surface area contributed by atoms with Crippen molar-refractivity contribution in [1.82, 2.24) is 9.21 Å². The van der Waals surface area contributed by atoms with Gasteiger partial charge in [-0.15, -0.1) is 0 Å². The maximum absolute atomic E-state index is 13.5. The molecule has 0 spiro atoms. The molecule has 0 N–H and O–H groups in total.